The maximum atomic E-state index is 13.2. The van der Waals surface area contributed by atoms with Crippen LogP contribution in [0.25, 0.3) is 0 Å². The van der Waals surface area contributed by atoms with Crippen LogP contribution in [0.4, 0.5) is 9.52 Å². The molecule has 2 aromatic rings. The maximum absolute atomic E-state index is 13.2. The predicted molar refractivity (Wildman–Crippen MR) is 99.1 cm³/mol. The fourth-order valence-corrected chi connectivity index (χ4v) is 4.30. The largest absolute Gasteiger partial charge is 0.302 e. The summed E-state index contributed by atoms with van der Waals surface area (Å²) < 4.78 is 13.2. The number of amides is 1. The van der Waals surface area contributed by atoms with Crippen molar-refractivity contribution in [1.29, 1.82) is 0 Å². The van der Waals surface area contributed by atoms with Crippen LogP contribution in [-0.2, 0) is 17.8 Å². The van der Waals surface area contributed by atoms with Gasteiger partial charge in [0.25, 0.3) is 0 Å². The van der Waals surface area contributed by atoms with Crippen molar-refractivity contribution in [3.8, 4) is 0 Å². The van der Waals surface area contributed by atoms with E-state index in [0.29, 0.717) is 22.5 Å². The van der Waals surface area contributed by atoms with E-state index in [1.165, 1.54) is 29.9 Å². The Morgan fingerprint density at radius 1 is 1.36 bits per heavy atom. The van der Waals surface area contributed by atoms with E-state index in [1.54, 1.807) is 12.1 Å². The Kier molecular flexibility index (Phi) is 5.81. The zero-order chi connectivity index (χ0) is 17.8. The van der Waals surface area contributed by atoms with Gasteiger partial charge in [0.15, 0.2) is 5.13 Å². The molecule has 1 aromatic heterocycles. The van der Waals surface area contributed by atoms with Crippen LogP contribution >= 0.6 is 11.3 Å². The summed E-state index contributed by atoms with van der Waals surface area (Å²) in [6.07, 6.45) is 1.43. The molecule has 3 rings (SSSR count). The van der Waals surface area contributed by atoms with Gasteiger partial charge in [-0.1, -0.05) is 26.0 Å². The summed E-state index contributed by atoms with van der Waals surface area (Å²) in [7, 11) is 0. The number of halogens is 1. The van der Waals surface area contributed by atoms with Crippen LogP contribution in [0.3, 0.4) is 0 Å². The first kappa shape index (κ1) is 18.0. The molecule has 0 bridgehead atoms. The number of likely N-dealkylation sites (tertiary alicyclic amines) is 1. The van der Waals surface area contributed by atoms with E-state index in [9.17, 15) is 9.18 Å². The Morgan fingerprint density at radius 2 is 2.12 bits per heavy atom. The van der Waals surface area contributed by atoms with E-state index in [0.717, 1.165) is 25.3 Å². The zero-order valence-corrected chi connectivity index (χ0v) is 15.5. The minimum atomic E-state index is -0.327. The van der Waals surface area contributed by atoms with Crippen molar-refractivity contribution in [1.82, 2.24) is 9.88 Å². The molecular weight excluding hydrogens is 337 g/mol. The third-order valence-corrected chi connectivity index (χ3v) is 5.19. The Hall–Kier alpha value is -1.79. The lowest BCUT2D eigenvalue weighted by atomic mass is 9.92. The Labute approximate surface area is 152 Å². The van der Waals surface area contributed by atoms with Gasteiger partial charge in [-0.25, -0.2) is 9.37 Å². The van der Waals surface area contributed by atoms with E-state index in [2.05, 4.69) is 29.0 Å². The number of aromatic nitrogens is 1. The summed E-state index contributed by atoms with van der Waals surface area (Å²) in [6, 6.07) is 6.11. The molecule has 1 fully saturated rings. The summed E-state index contributed by atoms with van der Waals surface area (Å²) in [5, 5.41) is 5.42. The molecule has 1 aliphatic rings. The molecule has 1 aromatic carbocycles. The average Bonchev–Trinajstić information content (AvgIpc) is 2.92. The van der Waals surface area contributed by atoms with E-state index >= 15 is 0 Å². The second kappa shape index (κ2) is 8.06. The van der Waals surface area contributed by atoms with Gasteiger partial charge in [-0.05, 0) is 36.0 Å². The molecule has 0 spiro atoms. The van der Waals surface area contributed by atoms with E-state index in [4.69, 9.17) is 0 Å². The van der Waals surface area contributed by atoms with Gasteiger partial charge in [0.1, 0.15) is 5.82 Å². The molecule has 0 aliphatic carbocycles. The first-order valence-corrected chi connectivity index (χ1v) is 9.57. The number of carbonyl (C=O) groups excluding carboxylic acids is 1. The maximum Gasteiger partial charge on any atom is 0.230 e. The summed E-state index contributed by atoms with van der Waals surface area (Å²) in [5.74, 6) is 0.930. The lowest BCUT2D eigenvalue weighted by Crippen LogP contribution is -2.38. The number of piperidine rings is 1. The highest BCUT2D eigenvalue weighted by Crippen LogP contribution is 2.24. The van der Waals surface area contributed by atoms with E-state index in [-0.39, 0.29) is 18.1 Å². The molecule has 6 heteroatoms. The fraction of sp³-hybridized carbons (Fsp3) is 0.474. The SMILES string of the molecule is C[C@@H]1C[C@H](C)CN(Cc2csc(NC(=O)Cc3cccc(F)c3)n2)C1. The number of hydrogen-bond acceptors (Lipinski definition) is 4. The van der Waals surface area contributed by atoms with Gasteiger partial charge in [0.05, 0.1) is 12.1 Å². The smallest absolute Gasteiger partial charge is 0.230 e. The lowest BCUT2D eigenvalue weighted by Gasteiger charge is -2.34. The second-order valence-electron chi connectivity index (χ2n) is 7.14. The van der Waals surface area contributed by atoms with Crippen LogP contribution in [0.2, 0.25) is 0 Å². The van der Waals surface area contributed by atoms with Crippen molar-refractivity contribution in [2.24, 2.45) is 11.8 Å². The standard InChI is InChI=1S/C19H24FN3OS/c1-13-6-14(2)10-23(9-13)11-17-12-25-19(21-17)22-18(24)8-15-4-3-5-16(20)7-15/h3-5,7,12-14H,6,8-11H2,1-2H3,(H,21,22,24)/t13-,14+. The van der Waals surface area contributed by atoms with Crippen LogP contribution in [-0.4, -0.2) is 28.9 Å². The Balaban J connectivity index is 1.53. The number of nitrogens with one attached hydrogen (secondary N) is 1. The van der Waals surface area contributed by atoms with Gasteiger partial charge >= 0.3 is 0 Å². The van der Waals surface area contributed by atoms with Crippen LogP contribution in [0.5, 0.6) is 0 Å². The zero-order valence-electron chi connectivity index (χ0n) is 14.7. The van der Waals surface area contributed by atoms with Crippen LogP contribution in [0, 0.1) is 17.7 Å². The lowest BCUT2D eigenvalue weighted by molar-refractivity contribution is -0.115. The molecule has 2 heterocycles. The number of benzene rings is 1. The minimum absolute atomic E-state index is 0.147. The van der Waals surface area contributed by atoms with Crippen molar-refractivity contribution >= 4 is 22.4 Å². The Bertz CT molecular complexity index is 723. The molecule has 4 nitrogen and oxygen atoms in total. The molecule has 2 atom stereocenters. The van der Waals surface area contributed by atoms with Gasteiger partial charge in [-0.3, -0.25) is 9.69 Å². The second-order valence-corrected chi connectivity index (χ2v) is 8.00. The topological polar surface area (TPSA) is 45.2 Å². The molecule has 1 aliphatic heterocycles. The number of thiazole rings is 1. The molecule has 0 saturated carbocycles. The van der Waals surface area contributed by atoms with Crippen molar-refractivity contribution in [3.63, 3.8) is 0 Å². The summed E-state index contributed by atoms with van der Waals surface area (Å²) in [6.45, 7) is 7.61. The first-order chi connectivity index (χ1) is 12.0. The number of carbonyl (C=O) groups is 1. The van der Waals surface area contributed by atoms with Crippen LogP contribution in [0.1, 0.15) is 31.5 Å². The Morgan fingerprint density at radius 3 is 2.84 bits per heavy atom. The molecule has 0 radical (unpaired) electrons. The summed E-state index contributed by atoms with van der Waals surface area (Å²) in [4.78, 5) is 19.1. The van der Waals surface area contributed by atoms with Crippen molar-refractivity contribution in [3.05, 3.63) is 46.7 Å². The van der Waals surface area contributed by atoms with Crippen molar-refractivity contribution < 1.29 is 9.18 Å². The highest BCUT2D eigenvalue weighted by atomic mass is 32.1. The molecule has 1 amide bonds. The quantitative estimate of drug-likeness (QED) is 0.877. The number of hydrogen-bond donors (Lipinski definition) is 1. The average molecular weight is 361 g/mol. The summed E-state index contributed by atoms with van der Waals surface area (Å²) in [5.41, 5.74) is 1.65. The highest BCUT2D eigenvalue weighted by Gasteiger charge is 2.22. The molecule has 25 heavy (non-hydrogen) atoms. The monoisotopic (exact) mass is 361 g/mol. The number of nitrogens with zero attached hydrogens (tertiary/aromatic N) is 2. The first-order valence-electron chi connectivity index (χ1n) is 8.69. The van der Waals surface area contributed by atoms with Gasteiger partial charge in [-0.15, -0.1) is 11.3 Å². The van der Waals surface area contributed by atoms with Crippen LogP contribution in [0.15, 0.2) is 29.6 Å². The van der Waals surface area contributed by atoms with Crippen LogP contribution < -0.4 is 5.32 Å². The van der Waals surface area contributed by atoms with E-state index < -0.39 is 0 Å². The normalized spacial score (nSPS) is 21.2. The molecule has 134 valence electrons. The number of anilines is 1. The van der Waals surface area contributed by atoms with Gasteiger partial charge in [-0.2, -0.15) is 0 Å². The minimum Gasteiger partial charge on any atom is -0.302 e. The van der Waals surface area contributed by atoms with Gasteiger partial charge in [0, 0.05) is 25.0 Å². The van der Waals surface area contributed by atoms with E-state index in [1.807, 2.05) is 5.38 Å². The molecule has 1 saturated heterocycles. The fourth-order valence-electron chi connectivity index (χ4n) is 3.58. The van der Waals surface area contributed by atoms with Crippen molar-refractivity contribution in [2.45, 2.75) is 33.2 Å². The molecule has 1 N–H and O–H groups in total. The third-order valence-electron chi connectivity index (χ3n) is 4.38. The predicted octanol–water partition coefficient (Wildman–Crippen LogP) is 3.94. The van der Waals surface area contributed by atoms with Gasteiger partial charge in [0.2, 0.25) is 5.91 Å². The number of rotatable bonds is 5. The third kappa shape index (κ3) is 5.34. The highest BCUT2D eigenvalue weighted by molar-refractivity contribution is 7.13. The molecule has 0 unspecified atom stereocenters. The van der Waals surface area contributed by atoms with Gasteiger partial charge < -0.3 is 5.32 Å². The van der Waals surface area contributed by atoms with Crippen molar-refractivity contribution in [2.75, 3.05) is 18.4 Å². The summed E-state index contributed by atoms with van der Waals surface area (Å²) >= 11 is 1.44. The molecular formula is C19H24FN3OS.